The lowest BCUT2D eigenvalue weighted by Gasteiger charge is -2.22. The smallest absolute Gasteiger partial charge is 0.252 e. The zero-order valence-corrected chi connectivity index (χ0v) is 12.2. The number of carbonyl (C=O) groups excluding carboxylic acids is 1. The summed E-state index contributed by atoms with van der Waals surface area (Å²) in [7, 11) is 0. The van der Waals surface area contributed by atoms with E-state index in [0.29, 0.717) is 16.5 Å². The summed E-state index contributed by atoms with van der Waals surface area (Å²) in [6.45, 7) is 3.85. The van der Waals surface area contributed by atoms with Gasteiger partial charge in [0.15, 0.2) is 0 Å². The van der Waals surface area contributed by atoms with Crippen molar-refractivity contribution in [2.24, 2.45) is 5.92 Å². The van der Waals surface area contributed by atoms with Crippen LogP contribution in [-0.2, 0) is 0 Å². The Labute approximate surface area is 123 Å². The molecule has 1 heterocycles. The number of benzene rings is 1. The van der Waals surface area contributed by atoms with Crippen LogP contribution in [0.4, 0.5) is 0 Å². The standard InChI is InChI=1S/C16H20N2O3/c1-3-10(2)14(9-19)18-16(21)12-8-15(20)17-13-7-5-4-6-11(12)13/h4-8,10,14,19H,3,9H2,1-2H3,(H,17,20)(H,18,21)/t10-,14-/m1/s1. The molecule has 0 aliphatic rings. The molecule has 5 heteroatoms. The molecule has 0 aliphatic heterocycles. The minimum atomic E-state index is -0.336. The van der Waals surface area contributed by atoms with Gasteiger partial charge in [-0.15, -0.1) is 0 Å². The van der Waals surface area contributed by atoms with Gasteiger partial charge in [0, 0.05) is 17.0 Å². The summed E-state index contributed by atoms with van der Waals surface area (Å²) < 4.78 is 0. The first-order valence-electron chi connectivity index (χ1n) is 7.10. The number of aliphatic hydroxyl groups is 1. The molecule has 2 aromatic rings. The van der Waals surface area contributed by atoms with Crippen LogP contribution in [-0.4, -0.2) is 28.6 Å². The third-order valence-electron chi connectivity index (χ3n) is 3.84. The van der Waals surface area contributed by atoms with Crippen molar-refractivity contribution in [2.45, 2.75) is 26.3 Å². The number of rotatable bonds is 5. The van der Waals surface area contributed by atoms with Crippen molar-refractivity contribution in [2.75, 3.05) is 6.61 Å². The highest BCUT2D eigenvalue weighted by Crippen LogP contribution is 2.15. The molecule has 0 spiro atoms. The molecule has 2 rings (SSSR count). The average Bonchev–Trinajstić information content (AvgIpc) is 2.50. The summed E-state index contributed by atoms with van der Waals surface area (Å²) in [6, 6.07) is 8.14. The summed E-state index contributed by atoms with van der Waals surface area (Å²) in [6.07, 6.45) is 0.849. The van der Waals surface area contributed by atoms with Crippen LogP contribution in [0.25, 0.3) is 10.9 Å². The lowest BCUT2D eigenvalue weighted by molar-refractivity contribution is 0.0893. The van der Waals surface area contributed by atoms with Crippen molar-refractivity contribution in [1.82, 2.24) is 10.3 Å². The van der Waals surface area contributed by atoms with E-state index < -0.39 is 0 Å². The second-order valence-electron chi connectivity index (χ2n) is 5.24. The van der Waals surface area contributed by atoms with Gasteiger partial charge < -0.3 is 15.4 Å². The van der Waals surface area contributed by atoms with Gasteiger partial charge in [0.1, 0.15) is 0 Å². The summed E-state index contributed by atoms with van der Waals surface area (Å²) in [5.41, 5.74) is 0.637. The van der Waals surface area contributed by atoms with Gasteiger partial charge in [-0.3, -0.25) is 9.59 Å². The van der Waals surface area contributed by atoms with Gasteiger partial charge in [-0.1, -0.05) is 38.5 Å². The predicted octanol–water partition coefficient (Wildman–Crippen LogP) is 1.66. The number of fused-ring (bicyclic) bond motifs is 1. The third-order valence-corrected chi connectivity index (χ3v) is 3.84. The number of H-pyrrole nitrogens is 1. The van der Waals surface area contributed by atoms with E-state index in [4.69, 9.17) is 0 Å². The fraction of sp³-hybridized carbons (Fsp3) is 0.375. The van der Waals surface area contributed by atoms with E-state index in [1.165, 1.54) is 6.07 Å². The van der Waals surface area contributed by atoms with Crippen LogP contribution in [0.5, 0.6) is 0 Å². The molecule has 1 aromatic carbocycles. The van der Waals surface area contributed by atoms with Crippen molar-refractivity contribution in [3.05, 3.63) is 46.2 Å². The molecule has 0 fully saturated rings. The molecular formula is C16H20N2O3. The van der Waals surface area contributed by atoms with Crippen LogP contribution in [0.1, 0.15) is 30.6 Å². The summed E-state index contributed by atoms with van der Waals surface area (Å²) in [5, 5.41) is 12.9. The number of para-hydroxylation sites is 1. The minimum absolute atomic E-state index is 0.123. The molecule has 0 radical (unpaired) electrons. The quantitative estimate of drug-likeness (QED) is 0.782. The number of hydrogen-bond acceptors (Lipinski definition) is 3. The molecule has 0 saturated heterocycles. The molecule has 5 nitrogen and oxygen atoms in total. The summed E-state index contributed by atoms with van der Waals surface area (Å²) in [5.74, 6) is -0.177. The van der Waals surface area contributed by atoms with E-state index in [0.717, 1.165) is 6.42 Å². The van der Waals surface area contributed by atoms with E-state index in [9.17, 15) is 14.7 Å². The van der Waals surface area contributed by atoms with Crippen LogP contribution in [0.3, 0.4) is 0 Å². The Morgan fingerprint density at radius 1 is 1.38 bits per heavy atom. The number of aromatic nitrogens is 1. The van der Waals surface area contributed by atoms with Crippen LogP contribution >= 0.6 is 0 Å². The van der Waals surface area contributed by atoms with Crippen molar-refractivity contribution in [1.29, 1.82) is 0 Å². The highest BCUT2D eigenvalue weighted by molar-refractivity contribution is 6.06. The number of carbonyl (C=O) groups is 1. The Morgan fingerprint density at radius 2 is 2.10 bits per heavy atom. The van der Waals surface area contributed by atoms with E-state index in [1.807, 2.05) is 19.9 Å². The maximum Gasteiger partial charge on any atom is 0.252 e. The second-order valence-corrected chi connectivity index (χ2v) is 5.24. The zero-order chi connectivity index (χ0) is 15.4. The number of aromatic amines is 1. The zero-order valence-electron chi connectivity index (χ0n) is 12.2. The monoisotopic (exact) mass is 288 g/mol. The number of nitrogens with one attached hydrogen (secondary N) is 2. The molecule has 1 aromatic heterocycles. The Balaban J connectivity index is 2.37. The number of aliphatic hydroxyl groups excluding tert-OH is 1. The van der Waals surface area contributed by atoms with Gasteiger partial charge in [0.25, 0.3) is 5.91 Å². The van der Waals surface area contributed by atoms with E-state index in [1.54, 1.807) is 18.2 Å². The predicted molar refractivity (Wildman–Crippen MR) is 82.4 cm³/mol. The van der Waals surface area contributed by atoms with Gasteiger partial charge in [0.2, 0.25) is 5.56 Å². The van der Waals surface area contributed by atoms with Gasteiger partial charge in [-0.2, -0.15) is 0 Å². The van der Waals surface area contributed by atoms with E-state index in [2.05, 4.69) is 10.3 Å². The summed E-state index contributed by atoms with van der Waals surface area (Å²) >= 11 is 0. The highest BCUT2D eigenvalue weighted by Gasteiger charge is 2.19. The first-order chi connectivity index (χ1) is 10.1. The van der Waals surface area contributed by atoms with Gasteiger partial charge in [-0.25, -0.2) is 0 Å². The first kappa shape index (κ1) is 15.3. The summed E-state index contributed by atoms with van der Waals surface area (Å²) in [4.78, 5) is 26.8. The number of hydrogen-bond donors (Lipinski definition) is 3. The van der Waals surface area contributed by atoms with Gasteiger partial charge in [-0.05, 0) is 12.0 Å². The van der Waals surface area contributed by atoms with Crippen LogP contribution in [0.2, 0.25) is 0 Å². The topological polar surface area (TPSA) is 82.2 Å². The maximum atomic E-state index is 12.4. The van der Waals surface area contributed by atoms with Crippen LogP contribution < -0.4 is 10.9 Å². The van der Waals surface area contributed by atoms with Crippen molar-refractivity contribution in [3.8, 4) is 0 Å². The second kappa shape index (κ2) is 6.54. The Hall–Kier alpha value is -2.14. The highest BCUT2D eigenvalue weighted by atomic mass is 16.3. The number of pyridine rings is 1. The van der Waals surface area contributed by atoms with Crippen LogP contribution in [0.15, 0.2) is 35.1 Å². The molecule has 0 aliphatic carbocycles. The minimum Gasteiger partial charge on any atom is -0.394 e. The SMILES string of the molecule is CC[C@@H](C)[C@@H](CO)NC(=O)c1cc(=O)[nH]c2ccccc12. The lowest BCUT2D eigenvalue weighted by atomic mass is 9.99. The average molecular weight is 288 g/mol. The lowest BCUT2D eigenvalue weighted by Crippen LogP contribution is -2.42. The van der Waals surface area contributed by atoms with E-state index >= 15 is 0 Å². The fourth-order valence-electron chi connectivity index (χ4n) is 2.29. The molecule has 0 saturated carbocycles. The molecule has 21 heavy (non-hydrogen) atoms. The Morgan fingerprint density at radius 3 is 2.76 bits per heavy atom. The van der Waals surface area contributed by atoms with Crippen molar-refractivity contribution < 1.29 is 9.90 Å². The molecule has 3 N–H and O–H groups in total. The molecule has 0 bridgehead atoms. The third kappa shape index (κ3) is 3.31. The fourth-order valence-corrected chi connectivity index (χ4v) is 2.29. The Bertz CT molecular complexity index is 693. The normalized spacial score (nSPS) is 13.9. The molecule has 112 valence electrons. The molecule has 1 amide bonds. The number of amides is 1. The van der Waals surface area contributed by atoms with E-state index in [-0.39, 0.29) is 30.0 Å². The van der Waals surface area contributed by atoms with Gasteiger partial charge in [0.05, 0.1) is 18.2 Å². The first-order valence-corrected chi connectivity index (χ1v) is 7.10. The van der Waals surface area contributed by atoms with Gasteiger partial charge >= 0.3 is 0 Å². The maximum absolute atomic E-state index is 12.4. The molecule has 2 atom stereocenters. The molecule has 0 unspecified atom stereocenters. The Kier molecular flexibility index (Phi) is 4.75. The largest absolute Gasteiger partial charge is 0.394 e. The molecular weight excluding hydrogens is 268 g/mol. The van der Waals surface area contributed by atoms with Crippen LogP contribution in [0, 0.1) is 5.92 Å². The van der Waals surface area contributed by atoms with Crippen molar-refractivity contribution in [3.63, 3.8) is 0 Å². The van der Waals surface area contributed by atoms with Crippen molar-refractivity contribution >= 4 is 16.8 Å².